The van der Waals surface area contributed by atoms with E-state index in [4.69, 9.17) is 4.74 Å². The van der Waals surface area contributed by atoms with Gasteiger partial charge in [0.1, 0.15) is 5.75 Å². The van der Waals surface area contributed by atoms with Crippen LogP contribution < -0.4 is 15.4 Å². The Balaban J connectivity index is 1.56. The van der Waals surface area contributed by atoms with Crippen molar-refractivity contribution in [3.8, 4) is 5.75 Å². The van der Waals surface area contributed by atoms with Crippen LogP contribution in [0.25, 0.3) is 0 Å². The third-order valence-corrected chi connectivity index (χ3v) is 5.46. The normalized spacial score (nSPS) is 15.9. The average Bonchev–Trinajstić information content (AvgIpc) is 3.49. The second-order valence-electron chi connectivity index (χ2n) is 7.60. The molecule has 1 fully saturated rings. The number of carbonyl (C=O) groups excluding carboxylic acids is 1. The fraction of sp³-hybridized carbons (Fsp3) is 0.435. The Hall–Kier alpha value is -2.33. The fourth-order valence-corrected chi connectivity index (χ4v) is 3.41. The summed E-state index contributed by atoms with van der Waals surface area (Å²) in [5.41, 5.74) is 4.87. The molecule has 3 rings (SSSR count). The van der Waals surface area contributed by atoms with E-state index >= 15 is 0 Å². The van der Waals surface area contributed by atoms with Crippen LogP contribution in [0.2, 0.25) is 0 Å². The van der Waals surface area contributed by atoms with Gasteiger partial charge in [0, 0.05) is 6.04 Å². The van der Waals surface area contributed by atoms with Crippen molar-refractivity contribution in [3.63, 3.8) is 0 Å². The lowest BCUT2D eigenvalue weighted by Crippen LogP contribution is -2.37. The Labute approximate surface area is 162 Å². The largest absolute Gasteiger partial charge is 0.497 e. The number of ether oxygens (including phenoxy) is 1. The van der Waals surface area contributed by atoms with Crippen LogP contribution >= 0.6 is 0 Å². The molecule has 1 saturated carbocycles. The van der Waals surface area contributed by atoms with Gasteiger partial charge in [0.2, 0.25) is 5.91 Å². The summed E-state index contributed by atoms with van der Waals surface area (Å²) < 4.78 is 5.24. The van der Waals surface area contributed by atoms with E-state index in [9.17, 15) is 4.79 Å². The van der Waals surface area contributed by atoms with E-state index in [-0.39, 0.29) is 18.0 Å². The fourth-order valence-electron chi connectivity index (χ4n) is 3.41. The van der Waals surface area contributed by atoms with Crippen LogP contribution in [0.15, 0.2) is 42.5 Å². The molecular formula is C23H30N2O2. The maximum absolute atomic E-state index is 12.5. The molecule has 4 nitrogen and oxygen atoms in total. The second kappa shape index (κ2) is 8.57. The van der Waals surface area contributed by atoms with E-state index in [1.807, 2.05) is 19.1 Å². The van der Waals surface area contributed by atoms with Crippen molar-refractivity contribution in [2.75, 3.05) is 13.7 Å². The minimum Gasteiger partial charge on any atom is -0.497 e. The molecule has 0 aliphatic heterocycles. The average molecular weight is 367 g/mol. The molecule has 27 heavy (non-hydrogen) atoms. The zero-order valence-corrected chi connectivity index (χ0v) is 16.7. The first kappa shape index (κ1) is 19.4. The number of methoxy groups -OCH3 is 1. The summed E-state index contributed by atoms with van der Waals surface area (Å²) in [4.78, 5) is 12.5. The van der Waals surface area contributed by atoms with Crippen LogP contribution in [0.5, 0.6) is 5.75 Å². The molecule has 2 unspecified atom stereocenters. The van der Waals surface area contributed by atoms with Gasteiger partial charge in [-0.15, -0.1) is 0 Å². The van der Waals surface area contributed by atoms with Crippen molar-refractivity contribution in [1.82, 2.24) is 10.6 Å². The molecule has 2 N–H and O–H groups in total. The van der Waals surface area contributed by atoms with Crippen molar-refractivity contribution in [1.29, 1.82) is 0 Å². The molecule has 0 bridgehead atoms. The summed E-state index contributed by atoms with van der Waals surface area (Å²) >= 11 is 0. The van der Waals surface area contributed by atoms with Crippen LogP contribution in [0, 0.1) is 19.8 Å². The standard InChI is InChI=1S/C23H30N2O2/c1-15-5-6-20(13-16(15)2)17(3)25-22(26)14-24-23(18-7-8-18)19-9-11-21(27-4)12-10-19/h5-6,9-13,17-18,23-24H,7-8,14H2,1-4H3,(H,25,26). The summed E-state index contributed by atoms with van der Waals surface area (Å²) in [6, 6.07) is 14.7. The maximum atomic E-state index is 12.5. The maximum Gasteiger partial charge on any atom is 0.234 e. The van der Waals surface area contributed by atoms with E-state index in [2.05, 4.69) is 54.8 Å². The molecule has 4 heteroatoms. The van der Waals surface area contributed by atoms with Crippen molar-refractivity contribution in [2.24, 2.45) is 5.92 Å². The molecule has 0 aromatic heterocycles. The lowest BCUT2D eigenvalue weighted by molar-refractivity contribution is -0.121. The number of benzene rings is 2. The number of carbonyl (C=O) groups is 1. The summed E-state index contributed by atoms with van der Waals surface area (Å²) in [6.07, 6.45) is 2.43. The zero-order chi connectivity index (χ0) is 19.4. The van der Waals surface area contributed by atoms with Crippen molar-refractivity contribution in [3.05, 3.63) is 64.7 Å². The van der Waals surface area contributed by atoms with Crippen molar-refractivity contribution >= 4 is 5.91 Å². The molecule has 1 aliphatic carbocycles. The Bertz CT molecular complexity index is 781. The lowest BCUT2D eigenvalue weighted by Gasteiger charge is -2.20. The molecule has 0 radical (unpaired) electrons. The quantitative estimate of drug-likeness (QED) is 0.735. The molecule has 1 aliphatic rings. The summed E-state index contributed by atoms with van der Waals surface area (Å²) in [6.45, 7) is 6.56. The van der Waals surface area contributed by atoms with E-state index in [1.54, 1.807) is 7.11 Å². The van der Waals surface area contributed by atoms with Gasteiger partial charge < -0.3 is 15.4 Å². The van der Waals surface area contributed by atoms with Crippen molar-refractivity contribution < 1.29 is 9.53 Å². The summed E-state index contributed by atoms with van der Waals surface area (Å²) in [5.74, 6) is 1.50. The lowest BCUT2D eigenvalue weighted by atomic mass is 10.0. The molecule has 0 saturated heterocycles. The Morgan fingerprint density at radius 2 is 1.74 bits per heavy atom. The predicted molar refractivity (Wildman–Crippen MR) is 109 cm³/mol. The molecule has 144 valence electrons. The SMILES string of the molecule is COc1ccc(C(NCC(=O)NC(C)c2ccc(C)c(C)c2)C2CC2)cc1. The highest BCUT2D eigenvalue weighted by molar-refractivity contribution is 5.78. The van der Waals surface area contributed by atoms with Gasteiger partial charge in [-0.25, -0.2) is 0 Å². The Morgan fingerprint density at radius 1 is 1.07 bits per heavy atom. The van der Waals surface area contributed by atoms with Gasteiger partial charge >= 0.3 is 0 Å². The molecule has 2 aromatic rings. The first-order chi connectivity index (χ1) is 13.0. The van der Waals surface area contributed by atoms with Gasteiger partial charge in [-0.3, -0.25) is 4.79 Å². The van der Waals surface area contributed by atoms with Gasteiger partial charge in [-0.05, 0) is 73.9 Å². The smallest absolute Gasteiger partial charge is 0.234 e. The van der Waals surface area contributed by atoms with E-state index in [0.29, 0.717) is 12.5 Å². The highest BCUT2D eigenvalue weighted by atomic mass is 16.5. The predicted octanol–water partition coefficient (Wildman–Crippen LogP) is 4.23. The van der Waals surface area contributed by atoms with Crippen LogP contribution in [-0.4, -0.2) is 19.6 Å². The van der Waals surface area contributed by atoms with Gasteiger partial charge in [0.25, 0.3) is 0 Å². The number of amides is 1. The number of aryl methyl sites for hydroxylation is 2. The van der Waals surface area contributed by atoms with E-state index < -0.39 is 0 Å². The van der Waals surface area contributed by atoms with Crippen LogP contribution in [0.3, 0.4) is 0 Å². The third kappa shape index (κ3) is 5.10. The number of nitrogens with one attached hydrogen (secondary N) is 2. The number of hydrogen-bond donors (Lipinski definition) is 2. The van der Waals surface area contributed by atoms with E-state index in [0.717, 1.165) is 11.3 Å². The van der Waals surface area contributed by atoms with Gasteiger partial charge in [0.15, 0.2) is 0 Å². The second-order valence-corrected chi connectivity index (χ2v) is 7.60. The highest BCUT2D eigenvalue weighted by Gasteiger charge is 2.32. The zero-order valence-electron chi connectivity index (χ0n) is 16.7. The Morgan fingerprint density at radius 3 is 2.33 bits per heavy atom. The first-order valence-electron chi connectivity index (χ1n) is 9.71. The summed E-state index contributed by atoms with van der Waals surface area (Å²) in [7, 11) is 1.67. The first-order valence-corrected chi connectivity index (χ1v) is 9.71. The van der Waals surface area contributed by atoms with E-state index in [1.165, 1.54) is 29.5 Å². The minimum atomic E-state index is -0.000962. The van der Waals surface area contributed by atoms with Crippen LogP contribution in [0.1, 0.15) is 54.1 Å². The monoisotopic (exact) mass is 366 g/mol. The molecule has 0 spiro atoms. The van der Waals surface area contributed by atoms with Crippen molar-refractivity contribution in [2.45, 2.75) is 45.7 Å². The number of rotatable bonds is 8. The number of hydrogen-bond acceptors (Lipinski definition) is 3. The molecule has 1 amide bonds. The van der Waals surface area contributed by atoms with Gasteiger partial charge in [-0.2, -0.15) is 0 Å². The van der Waals surface area contributed by atoms with Crippen LogP contribution in [0.4, 0.5) is 0 Å². The molecular weight excluding hydrogens is 336 g/mol. The summed E-state index contributed by atoms with van der Waals surface area (Å²) in [5, 5.41) is 6.57. The van der Waals surface area contributed by atoms with Gasteiger partial charge in [0.05, 0.1) is 19.7 Å². The van der Waals surface area contributed by atoms with Crippen LogP contribution in [-0.2, 0) is 4.79 Å². The highest BCUT2D eigenvalue weighted by Crippen LogP contribution is 2.41. The Kier molecular flexibility index (Phi) is 6.17. The molecule has 2 aromatic carbocycles. The van der Waals surface area contributed by atoms with Gasteiger partial charge in [-0.1, -0.05) is 30.3 Å². The molecule has 0 heterocycles. The topological polar surface area (TPSA) is 50.4 Å². The minimum absolute atomic E-state index is 0.000962. The third-order valence-electron chi connectivity index (χ3n) is 5.46. The molecule has 2 atom stereocenters.